The first kappa shape index (κ1) is 10.2. The van der Waals surface area contributed by atoms with Crippen molar-refractivity contribution in [3.05, 3.63) is 46.0 Å². The molecule has 0 saturated carbocycles. The molecule has 0 aromatic heterocycles. The molecule has 0 atom stereocenters. The lowest BCUT2D eigenvalue weighted by Gasteiger charge is -2.01. The standard InChI is InChI=1S/C12H9BrO2/c1-15-12(14)7-10-9-5-3-2-4-8(9)6-11(10)13/h2-7H,1H3/b10-7+. The number of benzene rings is 1. The number of carbonyl (C=O) groups is 1. The molecule has 1 aliphatic rings. The highest BCUT2D eigenvalue weighted by molar-refractivity contribution is 9.12. The summed E-state index contributed by atoms with van der Waals surface area (Å²) in [6.07, 6.45) is 3.48. The first-order valence-corrected chi connectivity index (χ1v) is 5.28. The normalized spacial score (nSPS) is 16.1. The maximum atomic E-state index is 11.2. The summed E-state index contributed by atoms with van der Waals surface area (Å²) in [7, 11) is 1.37. The van der Waals surface area contributed by atoms with Gasteiger partial charge in [-0.05, 0) is 17.2 Å². The molecule has 1 aromatic rings. The van der Waals surface area contributed by atoms with E-state index in [1.807, 2.05) is 30.3 Å². The summed E-state index contributed by atoms with van der Waals surface area (Å²) in [6, 6.07) is 7.91. The zero-order valence-electron chi connectivity index (χ0n) is 8.16. The Morgan fingerprint density at radius 2 is 2.13 bits per heavy atom. The third-order valence-corrected chi connectivity index (χ3v) is 2.91. The minimum absolute atomic E-state index is 0.341. The Hall–Kier alpha value is -1.35. The van der Waals surface area contributed by atoms with E-state index in [1.165, 1.54) is 13.2 Å². The first-order valence-electron chi connectivity index (χ1n) is 4.49. The van der Waals surface area contributed by atoms with E-state index in [1.54, 1.807) is 0 Å². The first-order chi connectivity index (χ1) is 7.22. The fraction of sp³-hybridized carbons (Fsp3) is 0.0833. The van der Waals surface area contributed by atoms with Gasteiger partial charge >= 0.3 is 5.97 Å². The van der Waals surface area contributed by atoms with Crippen molar-refractivity contribution in [1.82, 2.24) is 0 Å². The van der Waals surface area contributed by atoms with Crippen LogP contribution in [0, 0.1) is 0 Å². The quantitative estimate of drug-likeness (QED) is 0.576. The van der Waals surface area contributed by atoms with E-state index in [0.717, 1.165) is 21.2 Å². The monoisotopic (exact) mass is 264 g/mol. The molecule has 2 rings (SSSR count). The zero-order chi connectivity index (χ0) is 10.8. The lowest BCUT2D eigenvalue weighted by Crippen LogP contribution is -1.96. The van der Waals surface area contributed by atoms with E-state index in [2.05, 4.69) is 20.7 Å². The van der Waals surface area contributed by atoms with E-state index >= 15 is 0 Å². The lowest BCUT2D eigenvalue weighted by atomic mass is 10.1. The van der Waals surface area contributed by atoms with Crippen LogP contribution in [-0.2, 0) is 9.53 Å². The zero-order valence-corrected chi connectivity index (χ0v) is 9.74. The van der Waals surface area contributed by atoms with E-state index in [-0.39, 0.29) is 5.97 Å². The molecule has 0 N–H and O–H groups in total. The number of esters is 1. The van der Waals surface area contributed by atoms with Crippen molar-refractivity contribution in [1.29, 1.82) is 0 Å². The van der Waals surface area contributed by atoms with Crippen molar-refractivity contribution >= 4 is 33.5 Å². The Kier molecular flexibility index (Phi) is 2.73. The number of carbonyl (C=O) groups excluding carboxylic acids is 1. The second-order valence-corrected chi connectivity index (χ2v) is 4.02. The Balaban J connectivity index is 2.48. The minimum Gasteiger partial charge on any atom is -0.466 e. The van der Waals surface area contributed by atoms with Crippen LogP contribution in [0.3, 0.4) is 0 Å². The maximum Gasteiger partial charge on any atom is 0.331 e. The van der Waals surface area contributed by atoms with Gasteiger partial charge in [-0.15, -0.1) is 0 Å². The van der Waals surface area contributed by atoms with Crippen molar-refractivity contribution in [3.8, 4) is 0 Å². The van der Waals surface area contributed by atoms with Crippen molar-refractivity contribution in [2.45, 2.75) is 0 Å². The van der Waals surface area contributed by atoms with Gasteiger partial charge in [0.25, 0.3) is 0 Å². The predicted octanol–water partition coefficient (Wildman–Crippen LogP) is 2.99. The molecule has 0 heterocycles. The Morgan fingerprint density at radius 3 is 2.87 bits per heavy atom. The number of rotatable bonds is 1. The minimum atomic E-state index is -0.341. The van der Waals surface area contributed by atoms with Crippen LogP contribution in [0.1, 0.15) is 11.1 Å². The SMILES string of the molecule is COC(=O)/C=C1/C(Br)=Cc2ccccc21. The third kappa shape index (κ3) is 1.88. The molecule has 0 bridgehead atoms. The Bertz CT molecular complexity index is 472. The molecule has 0 saturated heterocycles. The fourth-order valence-electron chi connectivity index (χ4n) is 1.53. The van der Waals surface area contributed by atoms with Gasteiger partial charge in [-0.25, -0.2) is 4.79 Å². The topological polar surface area (TPSA) is 26.3 Å². The van der Waals surface area contributed by atoms with Crippen LogP contribution in [0.25, 0.3) is 11.6 Å². The van der Waals surface area contributed by atoms with Crippen LogP contribution in [-0.4, -0.2) is 13.1 Å². The number of ether oxygens (including phenoxy) is 1. The van der Waals surface area contributed by atoms with Crippen LogP contribution < -0.4 is 0 Å². The summed E-state index contributed by atoms with van der Waals surface area (Å²) in [4.78, 5) is 11.2. The van der Waals surface area contributed by atoms with Crippen LogP contribution in [0.15, 0.2) is 34.8 Å². The van der Waals surface area contributed by atoms with Gasteiger partial charge in [0.15, 0.2) is 0 Å². The number of hydrogen-bond donors (Lipinski definition) is 0. The molecule has 1 aliphatic carbocycles. The molecule has 0 unspecified atom stereocenters. The number of halogens is 1. The number of fused-ring (bicyclic) bond motifs is 1. The molecule has 0 aliphatic heterocycles. The summed E-state index contributed by atoms with van der Waals surface area (Å²) < 4.78 is 5.52. The van der Waals surface area contributed by atoms with E-state index < -0.39 is 0 Å². The molecule has 0 amide bonds. The Labute approximate surface area is 96.4 Å². The van der Waals surface area contributed by atoms with Gasteiger partial charge in [0.05, 0.1) is 7.11 Å². The van der Waals surface area contributed by atoms with Crippen molar-refractivity contribution in [2.75, 3.05) is 7.11 Å². The van der Waals surface area contributed by atoms with Gasteiger partial charge < -0.3 is 4.74 Å². The molecule has 76 valence electrons. The van der Waals surface area contributed by atoms with Crippen molar-refractivity contribution in [3.63, 3.8) is 0 Å². The largest absolute Gasteiger partial charge is 0.466 e. The smallest absolute Gasteiger partial charge is 0.331 e. The summed E-state index contributed by atoms with van der Waals surface area (Å²) in [6.45, 7) is 0. The number of methoxy groups -OCH3 is 1. The van der Waals surface area contributed by atoms with E-state index in [4.69, 9.17) is 0 Å². The van der Waals surface area contributed by atoms with E-state index in [0.29, 0.717) is 0 Å². The molecule has 0 radical (unpaired) electrons. The number of allylic oxidation sites excluding steroid dienone is 2. The van der Waals surface area contributed by atoms with Crippen molar-refractivity contribution < 1.29 is 9.53 Å². The molecular formula is C12H9BrO2. The van der Waals surface area contributed by atoms with Gasteiger partial charge in [-0.3, -0.25) is 0 Å². The highest BCUT2D eigenvalue weighted by atomic mass is 79.9. The van der Waals surface area contributed by atoms with Crippen LogP contribution in [0.4, 0.5) is 0 Å². The second-order valence-electron chi connectivity index (χ2n) is 3.16. The molecule has 1 aromatic carbocycles. The summed E-state index contributed by atoms with van der Waals surface area (Å²) in [5.41, 5.74) is 3.03. The number of hydrogen-bond acceptors (Lipinski definition) is 2. The maximum absolute atomic E-state index is 11.2. The fourth-order valence-corrected chi connectivity index (χ4v) is 2.11. The molecule has 0 fully saturated rings. The highest BCUT2D eigenvalue weighted by Crippen LogP contribution is 2.38. The van der Waals surface area contributed by atoms with E-state index in [9.17, 15) is 4.79 Å². The average molecular weight is 265 g/mol. The lowest BCUT2D eigenvalue weighted by molar-refractivity contribution is -0.134. The molecule has 2 nitrogen and oxygen atoms in total. The van der Waals surface area contributed by atoms with Gasteiger partial charge in [-0.2, -0.15) is 0 Å². The van der Waals surface area contributed by atoms with Gasteiger partial charge in [-0.1, -0.05) is 40.2 Å². The Morgan fingerprint density at radius 1 is 1.40 bits per heavy atom. The summed E-state index contributed by atoms with van der Waals surface area (Å²) in [5, 5.41) is 0. The van der Waals surface area contributed by atoms with Crippen LogP contribution in [0.2, 0.25) is 0 Å². The molecule has 15 heavy (non-hydrogen) atoms. The summed E-state index contributed by atoms with van der Waals surface area (Å²) >= 11 is 3.43. The summed E-state index contributed by atoms with van der Waals surface area (Å²) in [5.74, 6) is -0.341. The molecule has 0 spiro atoms. The van der Waals surface area contributed by atoms with Gasteiger partial charge in [0.2, 0.25) is 0 Å². The van der Waals surface area contributed by atoms with Crippen molar-refractivity contribution in [2.24, 2.45) is 0 Å². The highest BCUT2D eigenvalue weighted by Gasteiger charge is 2.17. The van der Waals surface area contributed by atoms with Crippen LogP contribution in [0.5, 0.6) is 0 Å². The average Bonchev–Trinajstić information content (AvgIpc) is 2.55. The molecule has 3 heteroatoms. The van der Waals surface area contributed by atoms with Crippen LogP contribution >= 0.6 is 15.9 Å². The third-order valence-electron chi connectivity index (χ3n) is 2.25. The molecular weight excluding hydrogens is 256 g/mol. The van der Waals surface area contributed by atoms with Gasteiger partial charge in [0.1, 0.15) is 0 Å². The predicted molar refractivity (Wildman–Crippen MR) is 63.3 cm³/mol. The van der Waals surface area contributed by atoms with Gasteiger partial charge in [0, 0.05) is 16.1 Å². The second kappa shape index (κ2) is 4.03.